The molecule has 0 saturated carbocycles. The molecule has 1 aromatic carbocycles. The summed E-state index contributed by atoms with van der Waals surface area (Å²) in [5.74, 6) is 0.594. The van der Waals surface area contributed by atoms with Crippen LogP contribution in [0.4, 0.5) is 13.2 Å². The number of aromatic nitrogens is 2. The van der Waals surface area contributed by atoms with E-state index >= 15 is 0 Å². The van der Waals surface area contributed by atoms with E-state index in [1.165, 1.54) is 12.1 Å². The number of hydrogen-bond acceptors (Lipinski definition) is 3. The van der Waals surface area contributed by atoms with Crippen LogP contribution in [0.5, 0.6) is 5.75 Å². The fourth-order valence-corrected chi connectivity index (χ4v) is 2.06. The van der Waals surface area contributed by atoms with Gasteiger partial charge in [0.05, 0.1) is 0 Å². The summed E-state index contributed by atoms with van der Waals surface area (Å²) in [4.78, 5) is 7.17. The number of nitrogens with one attached hydrogen (secondary N) is 2. The van der Waals surface area contributed by atoms with Gasteiger partial charge in [-0.05, 0) is 24.2 Å². The molecule has 4 nitrogen and oxygen atoms in total. The Kier molecular flexibility index (Phi) is 4.85. The molecule has 0 aliphatic carbocycles. The van der Waals surface area contributed by atoms with Crippen molar-refractivity contribution in [1.29, 1.82) is 0 Å². The van der Waals surface area contributed by atoms with E-state index in [1.807, 2.05) is 6.92 Å². The highest BCUT2D eigenvalue weighted by Gasteiger charge is 2.31. The van der Waals surface area contributed by atoms with E-state index in [0.29, 0.717) is 6.42 Å². The number of ether oxygens (including phenoxy) is 1. The minimum Gasteiger partial charge on any atom is -0.406 e. The average molecular weight is 299 g/mol. The average Bonchev–Trinajstić information content (AvgIpc) is 2.90. The number of alkyl halides is 3. The van der Waals surface area contributed by atoms with Gasteiger partial charge in [-0.15, -0.1) is 13.2 Å². The van der Waals surface area contributed by atoms with Gasteiger partial charge in [-0.2, -0.15) is 0 Å². The maximum absolute atomic E-state index is 12.1. The monoisotopic (exact) mass is 299 g/mol. The topological polar surface area (TPSA) is 49.9 Å². The molecule has 0 bridgehead atoms. The van der Waals surface area contributed by atoms with E-state index in [9.17, 15) is 13.2 Å². The lowest BCUT2D eigenvalue weighted by Gasteiger charge is -2.18. The van der Waals surface area contributed by atoms with Crippen LogP contribution in [0, 0.1) is 0 Å². The molecule has 1 aromatic heterocycles. The number of hydrogen-bond donors (Lipinski definition) is 2. The van der Waals surface area contributed by atoms with E-state index in [0.717, 1.165) is 17.9 Å². The molecule has 2 N–H and O–H groups in total. The predicted molar refractivity (Wildman–Crippen MR) is 71.8 cm³/mol. The van der Waals surface area contributed by atoms with Crippen molar-refractivity contribution in [3.05, 3.63) is 48.0 Å². The van der Waals surface area contributed by atoms with Gasteiger partial charge in [0.25, 0.3) is 0 Å². The second-order valence-corrected chi connectivity index (χ2v) is 4.47. The molecule has 1 unspecified atom stereocenters. The Hall–Kier alpha value is -2.02. The van der Waals surface area contributed by atoms with Crippen LogP contribution in [0.2, 0.25) is 0 Å². The van der Waals surface area contributed by atoms with Crippen LogP contribution >= 0.6 is 0 Å². The number of imidazole rings is 1. The van der Waals surface area contributed by atoms with E-state index in [4.69, 9.17) is 0 Å². The summed E-state index contributed by atoms with van der Waals surface area (Å²) < 4.78 is 40.2. The van der Waals surface area contributed by atoms with E-state index < -0.39 is 6.36 Å². The number of rotatable bonds is 6. The maximum Gasteiger partial charge on any atom is 0.573 e. The minimum absolute atomic E-state index is 0.0268. The molecule has 1 heterocycles. The van der Waals surface area contributed by atoms with Crippen molar-refractivity contribution in [2.24, 2.45) is 0 Å². The lowest BCUT2D eigenvalue weighted by molar-refractivity contribution is -0.274. The molecule has 0 aliphatic heterocycles. The van der Waals surface area contributed by atoms with Crippen LogP contribution in [0.1, 0.15) is 24.4 Å². The maximum atomic E-state index is 12.1. The van der Waals surface area contributed by atoms with E-state index in [-0.39, 0.29) is 11.8 Å². The smallest absolute Gasteiger partial charge is 0.406 e. The molecular formula is C14H16F3N3O. The Bertz CT molecular complexity index is 538. The van der Waals surface area contributed by atoms with Gasteiger partial charge in [0, 0.05) is 24.9 Å². The van der Waals surface area contributed by atoms with Gasteiger partial charge in [0.15, 0.2) is 0 Å². The Morgan fingerprint density at radius 3 is 2.52 bits per heavy atom. The quantitative estimate of drug-likeness (QED) is 0.861. The number of H-pyrrole nitrogens is 1. The lowest BCUT2D eigenvalue weighted by Crippen LogP contribution is -2.23. The summed E-state index contributed by atoms with van der Waals surface area (Å²) in [6.45, 7) is 2.71. The molecule has 114 valence electrons. The number of likely N-dealkylation sites (N-methyl/N-ethyl adjacent to an activating group) is 1. The van der Waals surface area contributed by atoms with Crippen LogP contribution in [0.15, 0.2) is 36.7 Å². The van der Waals surface area contributed by atoms with E-state index in [1.54, 1.807) is 24.5 Å². The van der Waals surface area contributed by atoms with Crippen molar-refractivity contribution < 1.29 is 17.9 Å². The summed E-state index contributed by atoms with van der Waals surface area (Å²) in [6.07, 6.45) is -0.645. The van der Waals surface area contributed by atoms with Gasteiger partial charge in [0.2, 0.25) is 0 Å². The molecule has 0 amide bonds. The SMILES string of the molecule is CCNC(Cc1ncc[nH]1)c1ccc(OC(F)(F)F)cc1. The van der Waals surface area contributed by atoms with Crippen molar-refractivity contribution in [2.45, 2.75) is 25.7 Å². The first-order chi connectivity index (χ1) is 9.98. The highest BCUT2D eigenvalue weighted by atomic mass is 19.4. The zero-order chi connectivity index (χ0) is 15.3. The van der Waals surface area contributed by atoms with Crippen molar-refractivity contribution in [1.82, 2.24) is 15.3 Å². The molecule has 2 rings (SSSR count). The Balaban J connectivity index is 2.09. The van der Waals surface area contributed by atoms with Gasteiger partial charge in [-0.3, -0.25) is 0 Å². The second-order valence-electron chi connectivity index (χ2n) is 4.47. The minimum atomic E-state index is -4.67. The highest BCUT2D eigenvalue weighted by molar-refractivity contribution is 5.29. The number of aromatic amines is 1. The fraction of sp³-hybridized carbons (Fsp3) is 0.357. The lowest BCUT2D eigenvalue weighted by atomic mass is 10.0. The fourth-order valence-electron chi connectivity index (χ4n) is 2.06. The molecule has 1 atom stereocenters. The Morgan fingerprint density at radius 1 is 1.29 bits per heavy atom. The first-order valence-electron chi connectivity index (χ1n) is 6.55. The van der Waals surface area contributed by atoms with Crippen LogP contribution in [0.25, 0.3) is 0 Å². The van der Waals surface area contributed by atoms with Gasteiger partial charge in [0.1, 0.15) is 11.6 Å². The molecule has 0 radical (unpaired) electrons. The zero-order valence-electron chi connectivity index (χ0n) is 11.4. The molecule has 0 spiro atoms. The molecule has 2 aromatic rings. The van der Waals surface area contributed by atoms with Crippen molar-refractivity contribution >= 4 is 0 Å². The first kappa shape index (κ1) is 15.4. The van der Waals surface area contributed by atoms with Gasteiger partial charge >= 0.3 is 6.36 Å². The Morgan fingerprint density at radius 2 is 2.00 bits per heavy atom. The zero-order valence-corrected chi connectivity index (χ0v) is 11.4. The molecule has 0 fully saturated rings. The molecular weight excluding hydrogens is 283 g/mol. The number of halogens is 3. The third-order valence-corrected chi connectivity index (χ3v) is 2.92. The van der Waals surface area contributed by atoms with Crippen molar-refractivity contribution in [3.8, 4) is 5.75 Å². The van der Waals surface area contributed by atoms with Crippen LogP contribution in [0.3, 0.4) is 0 Å². The second kappa shape index (κ2) is 6.62. The standard InChI is InChI=1S/C14H16F3N3O/c1-2-18-12(9-13-19-7-8-20-13)10-3-5-11(6-4-10)21-14(15,16)17/h3-8,12,18H,2,9H2,1H3,(H,19,20). The van der Waals surface area contributed by atoms with Crippen molar-refractivity contribution in [2.75, 3.05) is 6.54 Å². The summed E-state index contributed by atoms with van der Waals surface area (Å²) in [5.41, 5.74) is 0.878. The van der Waals surface area contributed by atoms with Crippen LogP contribution in [-0.4, -0.2) is 22.9 Å². The number of nitrogens with zero attached hydrogens (tertiary/aromatic N) is 1. The molecule has 0 saturated heterocycles. The molecule has 21 heavy (non-hydrogen) atoms. The van der Waals surface area contributed by atoms with Gasteiger partial charge < -0.3 is 15.0 Å². The highest BCUT2D eigenvalue weighted by Crippen LogP contribution is 2.25. The summed E-state index contributed by atoms with van der Waals surface area (Å²) in [6, 6.07) is 5.85. The Labute approximate surface area is 120 Å². The summed E-state index contributed by atoms with van der Waals surface area (Å²) in [5, 5.41) is 3.28. The largest absolute Gasteiger partial charge is 0.573 e. The van der Waals surface area contributed by atoms with Gasteiger partial charge in [-0.1, -0.05) is 19.1 Å². The van der Waals surface area contributed by atoms with Crippen LogP contribution < -0.4 is 10.1 Å². The summed E-state index contributed by atoms with van der Waals surface area (Å²) in [7, 11) is 0. The van der Waals surface area contributed by atoms with E-state index in [2.05, 4.69) is 20.0 Å². The normalized spacial score (nSPS) is 13.1. The molecule has 7 heteroatoms. The predicted octanol–water partition coefficient (Wildman–Crippen LogP) is 3.20. The van der Waals surface area contributed by atoms with Crippen LogP contribution in [-0.2, 0) is 6.42 Å². The summed E-state index contributed by atoms with van der Waals surface area (Å²) >= 11 is 0. The first-order valence-corrected chi connectivity index (χ1v) is 6.55. The molecule has 0 aliphatic rings. The number of benzene rings is 1. The third-order valence-electron chi connectivity index (χ3n) is 2.92. The third kappa shape index (κ3) is 4.78. The van der Waals surface area contributed by atoms with Crippen molar-refractivity contribution in [3.63, 3.8) is 0 Å². The van der Waals surface area contributed by atoms with Gasteiger partial charge in [-0.25, -0.2) is 4.98 Å².